The van der Waals surface area contributed by atoms with Crippen LogP contribution in [0.5, 0.6) is 0 Å². The number of nitrogens with one attached hydrogen (secondary N) is 2. The summed E-state index contributed by atoms with van der Waals surface area (Å²) in [6, 6.07) is 2.77. The van der Waals surface area contributed by atoms with Crippen LogP contribution < -0.4 is 10.6 Å². The van der Waals surface area contributed by atoms with Crippen LogP contribution in [0.3, 0.4) is 0 Å². The molecule has 0 fully saturated rings. The van der Waals surface area contributed by atoms with Crippen molar-refractivity contribution in [2.24, 2.45) is 5.92 Å². The Bertz CT molecular complexity index is 491. The molecule has 0 spiro atoms. The number of hydrogen-bond donors (Lipinski definition) is 3. The van der Waals surface area contributed by atoms with Crippen LogP contribution in [0, 0.1) is 17.6 Å². The van der Waals surface area contributed by atoms with E-state index in [9.17, 15) is 18.7 Å². The first-order valence-corrected chi connectivity index (χ1v) is 6.90. The van der Waals surface area contributed by atoms with Crippen LogP contribution in [0.1, 0.15) is 26.3 Å². The molecule has 0 aliphatic heterocycles. The van der Waals surface area contributed by atoms with E-state index < -0.39 is 23.3 Å². The minimum absolute atomic E-state index is 0.000750. The average Bonchev–Trinajstić information content (AvgIpc) is 2.40. The third-order valence-electron chi connectivity index (χ3n) is 3.54. The molecule has 0 radical (unpaired) electrons. The van der Waals surface area contributed by atoms with Crippen molar-refractivity contribution in [2.45, 2.75) is 32.8 Å². The lowest BCUT2D eigenvalue weighted by Crippen LogP contribution is -2.47. The quantitative estimate of drug-likeness (QED) is 0.754. The van der Waals surface area contributed by atoms with E-state index in [4.69, 9.17) is 0 Å². The largest absolute Gasteiger partial charge is 0.388 e. The number of hydrogen-bond acceptors (Lipinski definition) is 2. The van der Waals surface area contributed by atoms with Gasteiger partial charge in [0.1, 0.15) is 11.6 Å². The number of amides is 2. The van der Waals surface area contributed by atoms with Crippen molar-refractivity contribution in [2.75, 3.05) is 13.1 Å². The molecule has 1 rings (SSSR count). The van der Waals surface area contributed by atoms with Crippen molar-refractivity contribution in [1.82, 2.24) is 10.6 Å². The summed E-state index contributed by atoms with van der Waals surface area (Å²) in [7, 11) is 0. The maximum absolute atomic E-state index is 13.4. The van der Waals surface area contributed by atoms with Gasteiger partial charge < -0.3 is 15.7 Å². The first-order valence-electron chi connectivity index (χ1n) is 6.90. The normalized spacial score (nSPS) is 13.9. The lowest BCUT2D eigenvalue weighted by atomic mass is 9.93. The first-order chi connectivity index (χ1) is 9.72. The standard InChI is InChI=1S/C15H22F2N2O2/c1-10(2)15(3,21)9-19-14(20)18-7-6-11-8-12(16)4-5-13(11)17/h4-5,8,10,21H,6-7,9H2,1-3H3,(H2,18,19,20). The van der Waals surface area contributed by atoms with Crippen LogP contribution >= 0.6 is 0 Å². The second-order valence-electron chi connectivity index (χ2n) is 5.61. The van der Waals surface area contributed by atoms with Crippen LogP contribution in [0.2, 0.25) is 0 Å². The van der Waals surface area contributed by atoms with Crippen LogP contribution in [0.25, 0.3) is 0 Å². The Morgan fingerprint density at radius 1 is 1.33 bits per heavy atom. The summed E-state index contributed by atoms with van der Waals surface area (Å²) < 4.78 is 26.3. The zero-order valence-electron chi connectivity index (χ0n) is 12.5. The van der Waals surface area contributed by atoms with Gasteiger partial charge in [-0.15, -0.1) is 0 Å². The molecule has 1 aromatic carbocycles. The molecule has 3 N–H and O–H groups in total. The number of benzene rings is 1. The molecule has 0 saturated heterocycles. The molecule has 118 valence electrons. The van der Waals surface area contributed by atoms with Gasteiger partial charge in [-0.3, -0.25) is 0 Å². The van der Waals surface area contributed by atoms with Gasteiger partial charge in [0.05, 0.1) is 5.60 Å². The summed E-state index contributed by atoms with van der Waals surface area (Å²) in [5.41, 5.74) is -0.782. The van der Waals surface area contributed by atoms with E-state index in [0.29, 0.717) is 0 Å². The van der Waals surface area contributed by atoms with Gasteiger partial charge in [-0.1, -0.05) is 13.8 Å². The van der Waals surface area contributed by atoms with E-state index >= 15 is 0 Å². The summed E-state index contributed by atoms with van der Waals surface area (Å²) in [5, 5.41) is 15.1. The lowest BCUT2D eigenvalue weighted by molar-refractivity contribution is 0.0166. The molecule has 0 heterocycles. The summed E-state index contributed by atoms with van der Waals surface area (Å²) in [4.78, 5) is 11.6. The van der Waals surface area contributed by atoms with Crippen LogP contribution in [-0.4, -0.2) is 29.8 Å². The SMILES string of the molecule is CC(C)C(C)(O)CNC(=O)NCCc1cc(F)ccc1F. The van der Waals surface area contributed by atoms with Crippen molar-refractivity contribution >= 4 is 6.03 Å². The van der Waals surface area contributed by atoms with Crippen molar-refractivity contribution in [3.05, 3.63) is 35.4 Å². The number of aliphatic hydroxyl groups is 1. The number of carbonyl (C=O) groups excluding carboxylic acids is 1. The Balaban J connectivity index is 2.36. The highest BCUT2D eigenvalue weighted by Crippen LogP contribution is 2.14. The summed E-state index contributed by atoms with van der Waals surface area (Å²) in [6.45, 7) is 5.64. The molecule has 0 bridgehead atoms. The maximum atomic E-state index is 13.4. The predicted molar refractivity (Wildman–Crippen MR) is 76.9 cm³/mol. The van der Waals surface area contributed by atoms with Crippen LogP contribution in [-0.2, 0) is 6.42 Å². The minimum Gasteiger partial charge on any atom is -0.388 e. The Morgan fingerprint density at radius 2 is 2.00 bits per heavy atom. The van der Waals surface area contributed by atoms with Crippen LogP contribution in [0.4, 0.5) is 13.6 Å². The van der Waals surface area contributed by atoms with Gasteiger partial charge in [0, 0.05) is 13.1 Å². The molecule has 2 amide bonds. The van der Waals surface area contributed by atoms with Gasteiger partial charge in [0.25, 0.3) is 0 Å². The van der Waals surface area contributed by atoms with E-state index in [0.717, 1.165) is 18.2 Å². The van der Waals surface area contributed by atoms with Gasteiger partial charge >= 0.3 is 6.03 Å². The van der Waals surface area contributed by atoms with Crippen LogP contribution in [0.15, 0.2) is 18.2 Å². The molecule has 0 aromatic heterocycles. The van der Waals surface area contributed by atoms with Gasteiger partial charge in [-0.05, 0) is 43.0 Å². The zero-order chi connectivity index (χ0) is 16.0. The lowest BCUT2D eigenvalue weighted by Gasteiger charge is -2.27. The van der Waals surface area contributed by atoms with Gasteiger partial charge in [-0.25, -0.2) is 13.6 Å². The second kappa shape index (κ2) is 7.36. The number of halogens is 2. The van der Waals surface area contributed by atoms with Crippen molar-refractivity contribution in [3.63, 3.8) is 0 Å². The molecule has 1 atom stereocenters. The molecule has 1 unspecified atom stereocenters. The van der Waals surface area contributed by atoms with E-state index in [-0.39, 0.29) is 31.0 Å². The minimum atomic E-state index is -0.994. The Labute approximate surface area is 123 Å². The summed E-state index contributed by atoms with van der Waals surface area (Å²) >= 11 is 0. The van der Waals surface area contributed by atoms with Crippen molar-refractivity contribution in [1.29, 1.82) is 0 Å². The van der Waals surface area contributed by atoms with Gasteiger partial charge in [-0.2, -0.15) is 0 Å². The molecule has 4 nitrogen and oxygen atoms in total. The topological polar surface area (TPSA) is 61.4 Å². The zero-order valence-corrected chi connectivity index (χ0v) is 12.5. The third-order valence-corrected chi connectivity index (χ3v) is 3.54. The van der Waals surface area contributed by atoms with Crippen molar-refractivity contribution in [3.8, 4) is 0 Å². The highest BCUT2D eigenvalue weighted by molar-refractivity contribution is 5.73. The average molecular weight is 300 g/mol. The monoisotopic (exact) mass is 300 g/mol. The molecular weight excluding hydrogens is 278 g/mol. The number of carbonyl (C=O) groups is 1. The smallest absolute Gasteiger partial charge is 0.314 e. The summed E-state index contributed by atoms with van der Waals surface area (Å²) in [5.74, 6) is -1.01. The third kappa shape index (κ3) is 5.67. The Morgan fingerprint density at radius 3 is 2.62 bits per heavy atom. The van der Waals surface area contributed by atoms with E-state index in [1.807, 2.05) is 13.8 Å². The highest BCUT2D eigenvalue weighted by atomic mass is 19.1. The molecule has 6 heteroatoms. The van der Waals surface area contributed by atoms with Gasteiger partial charge in [0.2, 0.25) is 0 Å². The van der Waals surface area contributed by atoms with E-state index in [1.54, 1.807) is 6.92 Å². The Kier molecular flexibility index (Phi) is 6.08. The second-order valence-corrected chi connectivity index (χ2v) is 5.61. The first kappa shape index (κ1) is 17.4. The molecule has 0 aliphatic carbocycles. The molecule has 21 heavy (non-hydrogen) atoms. The van der Waals surface area contributed by atoms with E-state index in [2.05, 4.69) is 10.6 Å². The van der Waals surface area contributed by atoms with E-state index in [1.165, 1.54) is 0 Å². The molecule has 1 aromatic rings. The highest BCUT2D eigenvalue weighted by Gasteiger charge is 2.25. The fourth-order valence-corrected chi connectivity index (χ4v) is 1.57. The molecule has 0 aliphatic rings. The van der Waals surface area contributed by atoms with Crippen molar-refractivity contribution < 1.29 is 18.7 Å². The fourth-order valence-electron chi connectivity index (χ4n) is 1.57. The summed E-state index contributed by atoms with van der Waals surface area (Å²) in [6.07, 6.45) is 0.192. The number of urea groups is 1. The maximum Gasteiger partial charge on any atom is 0.314 e. The molecular formula is C15H22F2N2O2. The fraction of sp³-hybridized carbons (Fsp3) is 0.533. The predicted octanol–water partition coefficient (Wildman–Crippen LogP) is 2.21. The Hall–Kier alpha value is -1.69. The molecule has 0 saturated carbocycles. The van der Waals surface area contributed by atoms with Gasteiger partial charge in [0.15, 0.2) is 0 Å². The number of rotatable bonds is 6.